The van der Waals surface area contributed by atoms with Crippen LogP contribution in [0.5, 0.6) is 0 Å². The quantitative estimate of drug-likeness (QED) is 0.659. The van der Waals surface area contributed by atoms with E-state index in [4.69, 9.17) is 0 Å². The van der Waals surface area contributed by atoms with E-state index < -0.39 is 10.7 Å². The molecule has 0 spiro atoms. The number of hydrogen-bond donors (Lipinski definition) is 2. The number of hydrogen-bond acceptors (Lipinski definition) is 6. The van der Waals surface area contributed by atoms with Crippen LogP contribution in [-0.4, -0.2) is 21.9 Å². The van der Waals surface area contributed by atoms with Crippen LogP contribution in [0.4, 0.5) is 27.4 Å². The SMILES string of the molecule is CNc1ncnc(Nc2ccc(C)cc2F)c1[N+](=O)[O-]. The molecule has 1 aromatic carbocycles. The first kappa shape index (κ1) is 13.7. The summed E-state index contributed by atoms with van der Waals surface area (Å²) in [6.45, 7) is 1.75. The summed E-state index contributed by atoms with van der Waals surface area (Å²) in [5, 5.41) is 16.3. The molecule has 0 aliphatic rings. The van der Waals surface area contributed by atoms with Crippen molar-refractivity contribution in [2.75, 3.05) is 17.7 Å². The van der Waals surface area contributed by atoms with E-state index in [9.17, 15) is 14.5 Å². The maximum absolute atomic E-state index is 13.8. The molecule has 7 nitrogen and oxygen atoms in total. The van der Waals surface area contributed by atoms with Gasteiger partial charge in [-0.2, -0.15) is 0 Å². The van der Waals surface area contributed by atoms with Crippen LogP contribution in [0.3, 0.4) is 0 Å². The van der Waals surface area contributed by atoms with Crippen LogP contribution in [-0.2, 0) is 0 Å². The molecule has 2 N–H and O–H groups in total. The van der Waals surface area contributed by atoms with Crippen LogP contribution in [0.15, 0.2) is 24.5 Å². The minimum absolute atomic E-state index is 0.0556. The van der Waals surface area contributed by atoms with E-state index in [1.165, 1.54) is 19.2 Å². The van der Waals surface area contributed by atoms with E-state index in [1.54, 1.807) is 13.0 Å². The lowest BCUT2D eigenvalue weighted by Crippen LogP contribution is -2.06. The molecule has 8 heteroatoms. The second-order valence-electron chi connectivity index (χ2n) is 4.03. The third-order valence-corrected chi connectivity index (χ3v) is 2.62. The molecule has 2 aromatic rings. The Bertz CT molecular complexity index is 662. The highest BCUT2D eigenvalue weighted by atomic mass is 19.1. The predicted octanol–water partition coefficient (Wildman–Crippen LogP) is 2.62. The molecule has 0 unspecified atom stereocenters. The van der Waals surface area contributed by atoms with Gasteiger partial charge in [0.2, 0.25) is 11.6 Å². The molecule has 0 fully saturated rings. The van der Waals surface area contributed by atoms with Crippen molar-refractivity contribution in [3.8, 4) is 0 Å². The van der Waals surface area contributed by atoms with Gasteiger partial charge in [0.25, 0.3) is 0 Å². The number of rotatable bonds is 4. The second-order valence-corrected chi connectivity index (χ2v) is 4.03. The molecular weight excluding hydrogens is 265 g/mol. The lowest BCUT2D eigenvalue weighted by atomic mass is 10.2. The number of nitrogens with one attached hydrogen (secondary N) is 2. The summed E-state index contributed by atoms with van der Waals surface area (Å²) >= 11 is 0. The monoisotopic (exact) mass is 277 g/mol. The van der Waals surface area contributed by atoms with Gasteiger partial charge in [-0.05, 0) is 24.6 Å². The zero-order valence-electron chi connectivity index (χ0n) is 10.8. The molecule has 0 atom stereocenters. The summed E-state index contributed by atoms with van der Waals surface area (Å²) in [6.07, 6.45) is 1.16. The average molecular weight is 277 g/mol. The van der Waals surface area contributed by atoms with Crippen LogP contribution in [0.2, 0.25) is 0 Å². The number of aryl methyl sites for hydroxylation is 1. The molecule has 0 radical (unpaired) electrons. The minimum Gasteiger partial charge on any atom is -0.367 e. The fourth-order valence-corrected chi connectivity index (χ4v) is 1.68. The third-order valence-electron chi connectivity index (χ3n) is 2.62. The van der Waals surface area contributed by atoms with Crippen molar-refractivity contribution in [3.05, 3.63) is 46.0 Å². The van der Waals surface area contributed by atoms with Crippen molar-refractivity contribution >= 4 is 23.0 Å². The molecular formula is C12H12FN5O2. The highest BCUT2D eigenvalue weighted by Gasteiger charge is 2.22. The van der Waals surface area contributed by atoms with Crippen molar-refractivity contribution in [2.45, 2.75) is 6.92 Å². The van der Waals surface area contributed by atoms with Gasteiger partial charge in [-0.3, -0.25) is 10.1 Å². The largest absolute Gasteiger partial charge is 0.367 e. The Morgan fingerprint density at radius 2 is 2.00 bits per heavy atom. The van der Waals surface area contributed by atoms with Crippen molar-refractivity contribution in [2.24, 2.45) is 0 Å². The predicted molar refractivity (Wildman–Crippen MR) is 72.7 cm³/mol. The molecule has 20 heavy (non-hydrogen) atoms. The van der Waals surface area contributed by atoms with Gasteiger partial charge in [0.15, 0.2) is 0 Å². The molecule has 2 rings (SSSR count). The molecule has 0 aliphatic carbocycles. The van der Waals surface area contributed by atoms with Crippen LogP contribution in [0.1, 0.15) is 5.56 Å². The lowest BCUT2D eigenvalue weighted by molar-refractivity contribution is -0.383. The van der Waals surface area contributed by atoms with Crippen LogP contribution >= 0.6 is 0 Å². The number of aromatic nitrogens is 2. The highest BCUT2D eigenvalue weighted by molar-refractivity contribution is 5.73. The van der Waals surface area contributed by atoms with Crippen LogP contribution < -0.4 is 10.6 Å². The Morgan fingerprint density at radius 3 is 2.60 bits per heavy atom. The van der Waals surface area contributed by atoms with E-state index in [0.717, 1.165) is 11.9 Å². The first-order valence-electron chi connectivity index (χ1n) is 5.73. The Morgan fingerprint density at radius 1 is 1.30 bits per heavy atom. The number of halogens is 1. The van der Waals surface area contributed by atoms with Gasteiger partial charge in [-0.1, -0.05) is 6.07 Å². The number of nitro groups is 1. The molecule has 1 aromatic heterocycles. The van der Waals surface area contributed by atoms with Gasteiger partial charge < -0.3 is 10.6 Å². The van der Waals surface area contributed by atoms with Gasteiger partial charge in [0, 0.05) is 7.05 Å². The first-order valence-corrected chi connectivity index (χ1v) is 5.73. The molecule has 0 bridgehead atoms. The standard InChI is InChI=1S/C12H12FN5O2/c1-7-3-4-9(8(13)5-7)17-12-10(18(19)20)11(14-2)15-6-16-12/h3-6H,1-2H3,(H2,14,15,16,17). The van der Waals surface area contributed by atoms with Crippen molar-refractivity contribution in [3.63, 3.8) is 0 Å². The van der Waals surface area contributed by atoms with Crippen molar-refractivity contribution < 1.29 is 9.31 Å². The third kappa shape index (κ3) is 2.63. The molecule has 1 heterocycles. The van der Waals surface area contributed by atoms with E-state index >= 15 is 0 Å². The number of benzene rings is 1. The van der Waals surface area contributed by atoms with Gasteiger partial charge in [-0.25, -0.2) is 14.4 Å². The smallest absolute Gasteiger partial charge is 0.353 e. The normalized spacial score (nSPS) is 10.2. The summed E-state index contributed by atoms with van der Waals surface area (Å²) in [5.41, 5.74) is 0.524. The Hall–Kier alpha value is -2.77. The van der Waals surface area contributed by atoms with Gasteiger partial charge in [0.05, 0.1) is 10.6 Å². The summed E-state index contributed by atoms with van der Waals surface area (Å²) in [6, 6.07) is 4.52. The van der Waals surface area contributed by atoms with Gasteiger partial charge >= 0.3 is 5.69 Å². The second kappa shape index (κ2) is 5.47. The summed E-state index contributed by atoms with van der Waals surface area (Å²) < 4.78 is 13.8. The first-order chi connectivity index (χ1) is 9.52. The zero-order valence-corrected chi connectivity index (χ0v) is 10.8. The fourth-order valence-electron chi connectivity index (χ4n) is 1.68. The maximum Gasteiger partial charge on any atom is 0.353 e. The maximum atomic E-state index is 13.8. The van der Waals surface area contributed by atoms with Crippen LogP contribution in [0.25, 0.3) is 0 Å². The highest BCUT2D eigenvalue weighted by Crippen LogP contribution is 2.31. The summed E-state index contributed by atoms with van der Waals surface area (Å²) in [7, 11) is 1.51. The molecule has 0 amide bonds. The lowest BCUT2D eigenvalue weighted by Gasteiger charge is -2.09. The molecule has 104 valence electrons. The Balaban J connectivity index is 2.45. The van der Waals surface area contributed by atoms with Gasteiger partial charge in [0.1, 0.15) is 12.1 Å². The zero-order chi connectivity index (χ0) is 14.7. The molecule has 0 aliphatic heterocycles. The van der Waals surface area contributed by atoms with Crippen molar-refractivity contribution in [1.82, 2.24) is 9.97 Å². The summed E-state index contributed by atoms with van der Waals surface area (Å²) in [4.78, 5) is 18.0. The Kier molecular flexibility index (Phi) is 3.74. The summed E-state index contributed by atoms with van der Waals surface area (Å²) in [5.74, 6) is -0.527. The molecule has 0 saturated carbocycles. The topological polar surface area (TPSA) is 93.0 Å². The van der Waals surface area contributed by atoms with E-state index in [0.29, 0.717) is 0 Å². The van der Waals surface area contributed by atoms with E-state index in [2.05, 4.69) is 20.6 Å². The van der Waals surface area contributed by atoms with Crippen LogP contribution in [0, 0.1) is 22.9 Å². The Labute approximate surface area is 114 Å². The fraction of sp³-hybridized carbons (Fsp3) is 0.167. The minimum atomic E-state index is -0.625. The molecule has 0 saturated heterocycles. The average Bonchev–Trinajstić information content (AvgIpc) is 2.41. The number of anilines is 3. The van der Waals surface area contributed by atoms with E-state index in [-0.39, 0.29) is 23.0 Å². The van der Waals surface area contributed by atoms with Gasteiger partial charge in [-0.15, -0.1) is 0 Å². The van der Waals surface area contributed by atoms with Crippen molar-refractivity contribution in [1.29, 1.82) is 0 Å². The van der Waals surface area contributed by atoms with E-state index in [1.807, 2.05) is 0 Å². The number of nitrogens with zero attached hydrogens (tertiary/aromatic N) is 3.